The van der Waals surface area contributed by atoms with Crippen molar-refractivity contribution < 1.29 is 9.72 Å². The second-order valence-electron chi connectivity index (χ2n) is 3.47. The fourth-order valence-electron chi connectivity index (χ4n) is 1.19. The van der Waals surface area contributed by atoms with Crippen LogP contribution in [-0.2, 0) is 11.8 Å². The second kappa shape index (κ2) is 5.21. The maximum absolute atomic E-state index is 11.2. The van der Waals surface area contributed by atoms with Crippen LogP contribution in [0.3, 0.4) is 0 Å². The molecule has 0 saturated carbocycles. The summed E-state index contributed by atoms with van der Waals surface area (Å²) in [6, 6.07) is 0. The van der Waals surface area contributed by atoms with Crippen LogP contribution >= 0.6 is 0 Å². The first-order chi connectivity index (χ1) is 7.90. The summed E-state index contributed by atoms with van der Waals surface area (Å²) in [5.41, 5.74) is 5.62. The predicted molar refractivity (Wildman–Crippen MR) is 60.7 cm³/mol. The molecule has 0 spiro atoms. The van der Waals surface area contributed by atoms with Crippen molar-refractivity contribution in [1.29, 1.82) is 0 Å². The van der Waals surface area contributed by atoms with Gasteiger partial charge in [0, 0.05) is 6.08 Å². The van der Waals surface area contributed by atoms with E-state index in [0.717, 1.165) is 0 Å². The van der Waals surface area contributed by atoms with E-state index in [9.17, 15) is 14.9 Å². The number of amides is 1. The number of aromatic nitrogens is 2. The molecule has 0 saturated heterocycles. The Morgan fingerprint density at radius 1 is 1.76 bits per heavy atom. The van der Waals surface area contributed by atoms with Gasteiger partial charge in [-0.1, -0.05) is 0 Å². The van der Waals surface area contributed by atoms with Crippen LogP contribution in [0.15, 0.2) is 12.3 Å². The minimum absolute atomic E-state index is 0.261. The molecule has 1 aromatic rings. The third-order valence-corrected chi connectivity index (χ3v) is 1.79. The third-order valence-electron chi connectivity index (χ3n) is 1.79. The van der Waals surface area contributed by atoms with Crippen molar-refractivity contribution >= 4 is 17.8 Å². The SMILES string of the molecule is CC(N)NC(=O)/C=C/c1cn(C)nc1[N+](=O)[O-]. The van der Waals surface area contributed by atoms with Crippen LogP contribution in [-0.4, -0.2) is 26.8 Å². The Labute approximate surface area is 97.2 Å². The van der Waals surface area contributed by atoms with Gasteiger partial charge in [0.1, 0.15) is 0 Å². The molecule has 0 aliphatic heterocycles. The van der Waals surface area contributed by atoms with Crippen LogP contribution in [0.5, 0.6) is 0 Å². The van der Waals surface area contributed by atoms with Gasteiger partial charge in [-0.15, -0.1) is 0 Å². The lowest BCUT2D eigenvalue weighted by molar-refractivity contribution is -0.390. The zero-order chi connectivity index (χ0) is 13.0. The van der Waals surface area contributed by atoms with Crippen LogP contribution in [0.2, 0.25) is 0 Å². The number of nitro groups is 1. The molecule has 1 atom stereocenters. The maximum Gasteiger partial charge on any atom is 0.397 e. The molecule has 92 valence electrons. The Morgan fingerprint density at radius 3 is 2.94 bits per heavy atom. The molecule has 0 bridgehead atoms. The van der Waals surface area contributed by atoms with Gasteiger partial charge in [-0.25, -0.2) is 0 Å². The Hall–Kier alpha value is -2.22. The van der Waals surface area contributed by atoms with E-state index in [4.69, 9.17) is 5.73 Å². The maximum atomic E-state index is 11.2. The number of carbonyl (C=O) groups is 1. The van der Waals surface area contributed by atoms with Gasteiger partial charge in [-0.3, -0.25) is 4.79 Å². The zero-order valence-electron chi connectivity index (χ0n) is 9.45. The van der Waals surface area contributed by atoms with Gasteiger partial charge < -0.3 is 21.2 Å². The van der Waals surface area contributed by atoms with Gasteiger partial charge in [0.15, 0.2) is 0 Å². The van der Waals surface area contributed by atoms with Gasteiger partial charge in [0.2, 0.25) is 5.91 Å². The smallest absolute Gasteiger partial charge is 0.358 e. The normalized spacial score (nSPS) is 12.6. The summed E-state index contributed by atoms with van der Waals surface area (Å²) in [5, 5.41) is 16.7. The molecular weight excluding hydrogens is 226 g/mol. The van der Waals surface area contributed by atoms with E-state index in [-0.39, 0.29) is 11.4 Å². The second-order valence-corrected chi connectivity index (χ2v) is 3.47. The van der Waals surface area contributed by atoms with E-state index in [1.54, 1.807) is 14.0 Å². The Morgan fingerprint density at radius 2 is 2.41 bits per heavy atom. The molecule has 1 aromatic heterocycles. The van der Waals surface area contributed by atoms with Gasteiger partial charge >= 0.3 is 5.82 Å². The quantitative estimate of drug-likeness (QED) is 0.325. The van der Waals surface area contributed by atoms with Crippen molar-refractivity contribution in [3.63, 3.8) is 0 Å². The standard InChI is InChI=1S/C9H13N5O3/c1-6(10)11-8(15)4-3-7-5-13(2)12-9(7)14(16)17/h3-6H,10H2,1-2H3,(H,11,15)/b4-3+. The molecule has 0 aromatic carbocycles. The number of aryl methyl sites for hydroxylation is 1. The van der Waals surface area contributed by atoms with Gasteiger partial charge in [-0.05, 0) is 17.9 Å². The van der Waals surface area contributed by atoms with E-state index in [0.29, 0.717) is 0 Å². The lowest BCUT2D eigenvalue weighted by Crippen LogP contribution is -2.37. The fraction of sp³-hybridized carbons (Fsp3) is 0.333. The van der Waals surface area contributed by atoms with Crippen LogP contribution in [0, 0.1) is 10.1 Å². The molecule has 0 aliphatic rings. The third kappa shape index (κ3) is 3.68. The highest BCUT2D eigenvalue weighted by Gasteiger charge is 2.17. The van der Waals surface area contributed by atoms with Gasteiger partial charge in [0.05, 0.1) is 30.1 Å². The van der Waals surface area contributed by atoms with Crippen molar-refractivity contribution in [2.45, 2.75) is 13.1 Å². The number of nitrogens with zero attached hydrogens (tertiary/aromatic N) is 3. The Kier molecular flexibility index (Phi) is 3.94. The molecule has 8 heteroatoms. The van der Waals surface area contributed by atoms with Crippen molar-refractivity contribution in [1.82, 2.24) is 15.1 Å². The summed E-state index contributed by atoms with van der Waals surface area (Å²) in [4.78, 5) is 21.3. The number of hydrogen-bond donors (Lipinski definition) is 2. The largest absolute Gasteiger partial charge is 0.397 e. The summed E-state index contributed by atoms with van der Waals surface area (Å²) in [7, 11) is 1.56. The molecule has 1 heterocycles. The summed E-state index contributed by atoms with van der Waals surface area (Å²) < 4.78 is 1.31. The highest BCUT2D eigenvalue weighted by molar-refractivity contribution is 5.92. The number of nitrogens with one attached hydrogen (secondary N) is 1. The molecule has 17 heavy (non-hydrogen) atoms. The topological polar surface area (TPSA) is 116 Å². The van der Waals surface area contributed by atoms with E-state index >= 15 is 0 Å². The fourth-order valence-corrected chi connectivity index (χ4v) is 1.19. The number of hydrogen-bond acceptors (Lipinski definition) is 5. The minimum Gasteiger partial charge on any atom is -0.358 e. The number of nitrogens with two attached hydrogens (primary N) is 1. The first kappa shape index (κ1) is 12.8. The van der Waals surface area contributed by atoms with E-state index in [2.05, 4.69) is 10.4 Å². The monoisotopic (exact) mass is 239 g/mol. The Balaban J connectivity index is 2.84. The molecule has 0 radical (unpaired) electrons. The molecule has 8 nitrogen and oxygen atoms in total. The lowest BCUT2D eigenvalue weighted by atomic mass is 10.3. The number of carbonyl (C=O) groups excluding carboxylic acids is 1. The van der Waals surface area contributed by atoms with Crippen LogP contribution < -0.4 is 11.1 Å². The first-order valence-corrected chi connectivity index (χ1v) is 4.82. The molecule has 3 N–H and O–H groups in total. The van der Waals surface area contributed by atoms with Crippen molar-refractivity contribution in [2.24, 2.45) is 12.8 Å². The summed E-state index contributed by atoms with van der Waals surface area (Å²) >= 11 is 0. The van der Waals surface area contributed by atoms with Gasteiger partial charge in [-0.2, -0.15) is 4.68 Å². The van der Waals surface area contributed by atoms with Crippen LogP contribution in [0.4, 0.5) is 5.82 Å². The Bertz CT molecular complexity index is 463. The molecule has 0 aliphatic carbocycles. The highest BCUT2D eigenvalue weighted by Crippen LogP contribution is 2.16. The van der Waals surface area contributed by atoms with E-state index < -0.39 is 17.0 Å². The van der Waals surface area contributed by atoms with E-state index in [1.165, 1.54) is 23.0 Å². The van der Waals surface area contributed by atoms with E-state index in [1.807, 2.05) is 0 Å². The van der Waals surface area contributed by atoms with Crippen LogP contribution in [0.25, 0.3) is 6.08 Å². The van der Waals surface area contributed by atoms with Crippen molar-refractivity contribution in [3.05, 3.63) is 28.0 Å². The summed E-state index contributed by atoms with van der Waals surface area (Å²) in [6.07, 6.45) is 3.47. The van der Waals surface area contributed by atoms with Gasteiger partial charge in [0.25, 0.3) is 0 Å². The molecule has 1 rings (SSSR count). The molecular formula is C9H13N5O3. The summed E-state index contributed by atoms with van der Waals surface area (Å²) in [5.74, 6) is -0.713. The van der Waals surface area contributed by atoms with Crippen LogP contribution in [0.1, 0.15) is 12.5 Å². The molecule has 0 fully saturated rings. The number of rotatable bonds is 4. The highest BCUT2D eigenvalue weighted by atomic mass is 16.6. The summed E-state index contributed by atoms with van der Waals surface area (Å²) in [6.45, 7) is 1.61. The average molecular weight is 239 g/mol. The first-order valence-electron chi connectivity index (χ1n) is 4.82. The molecule has 1 unspecified atom stereocenters. The van der Waals surface area contributed by atoms with Crippen molar-refractivity contribution in [3.8, 4) is 0 Å². The molecule has 1 amide bonds. The average Bonchev–Trinajstić information content (AvgIpc) is 2.55. The zero-order valence-corrected chi connectivity index (χ0v) is 9.45. The lowest BCUT2D eigenvalue weighted by Gasteiger charge is -2.03. The minimum atomic E-state index is -0.608. The van der Waals surface area contributed by atoms with Crippen molar-refractivity contribution in [2.75, 3.05) is 0 Å². The predicted octanol–water partition coefficient (Wildman–Crippen LogP) is -0.238.